The molecular formula is C4Cl2N4S. The molecule has 0 amide bonds. The quantitative estimate of drug-likeness (QED) is 0.660. The van der Waals surface area contributed by atoms with Crippen LogP contribution in [-0.2, 0) is 0 Å². The fourth-order valence-corrected chi connectivity index (χ4v) is 1.28. The highest BCUT2D eigenvalue weighted by molar-refractivity contribution is 6.99. The fourth-order valence-electron chi connectivity index (χ4n) is 0.598. The Morgan fingerprint density at radius 3 is 1.82 bits per heavy atom. The first-order chi connectivity index (χ1) is 5.27. The van der Waals surface area contributed by atoms with E-state index in [9.17, 15) is 0 Å². The van der Waals surface area contributed by atoms with E-state index < -0.39 is 0 Å². The fraction of sp³-hybridized carbons (Fsp3) is 0. The molecule has 0 saturated carbocycles. The number of hydrogen-bond donors (Lipinski definition) is 0. The first-order valence-corrected chi connectivity index (χ1v) is 4.07. The van der Waals surface area contributed by atoms with Gasteiger partial charge in [-0.2, -0.15) is 8.75 Å². The summed E-state index contributed by atoms with van der Waals surface area (Å²) in [5, 5.41) is 0.318. The van der Waals surface area contributed by atoms with Crippen LogP contribution < -0.4 is 0 Å². The lowest BCUT2D eigenvalue weighted by atomic mass is 10.7. The molecular weight excluding hydrogens is 207 g/mol. The van der Waals surface area contributed by atoms with Gasteiger partial charge >= 0.3 is 0 Å². The molecule has 0 aliphatic rings. The lowest BCUT2D eigenvalue weighted by Gasteiger charge is -1.89. The van der Waals surface area contributed by atoms with Gasteiger partial charge in [0.25, 0.3) is 0 Å². The maximum atomic E-state index is 5.58. The molecule has 56 valence electrons. The SMILES string of the molecule is Clc1nc2nsnc2nc1Cl. The van der Waals surface area contributed by atoms with Gasteiger partial charge in [-0.15, -0.1) is 0 Å². The topological polar surface area (TPSA) is 51.6 Å². The average Bonchev–Trinajstić information content (AvgIpc) is 2.36. The van der Waals surface area contributed by atoms with Crippen LogP contribution in [0.1, 0.15) is 0 Å². The van der Waals surface area contributed by atoms with Crippen LogP contribution >= 0.6 is 34.9 Å². The third-order valence-corrected chi connectivity index (χ3v) is 2.17. The summed E-state index contributed by atoms with van der Waals surface area (Å²) >= 11 is 12.2. The minimum atomic E-state index is 0.159. The summed E-state index contributed by atoms with van der Waals surface area (Å²) in [7, 11) is 0. The van der Waals surface area contributed by atoms with Gasteiger partial charge in [0.05, 0.1) is 11.7 Å². The summed E-state index contributed by atoms with van der Waals surface area (Å²) in [6.07, 6.45) is 0. The predicted molar refractivity (Wildman–Crippen MR) is 43.0 cm³/mol. The smallest absolute Gasteiger partial charge is 0.209 e. The van der Waals surface area contributed by atoms with Crippen molar-refractivity contribution < 1.29 is 0 Å². The van der Waals surface area contributed by atoms with Gasteiger partial charge in [-0.05, 0) is 0 Å². The van der Waals surface area contributed by atoms with Crippen LogP contribution in [0.4, 0.5) is 0 Å². The van der Waals surface area contributed by atoms with Crippen molar-refractivity contribution in [2.45, 2.75) is 0 Å². The molecule has 4 nitrogen and oxygen atoms in total. The third kappa shape index (κ3) is 1.15. The molecule has 2 aromatic heterocycles. The highest BCUT2D eigenvalue weighted by Gasteiger charge is 2.06. The van der Waals surface area contributed by atoms with Gasteiger partial charge in [-0.1, -0.05) is 23.2 Å². The molecule has 0 aliphatic carbocycles. The van der Waals surface area contributed by atoms with E-state index in [4.69, 9.17) is 23.2 Å². The second-order valence-electron chi connectivity index (χ2n) is 1.72. The number of nitrogens with zero attached hydrogens (tertiary/aromatic N) is 4. The summed E-state index contributed by atoms with van der Waals surface area (Å²) in [5.74, 6) is 0. The van der Waals surface area contributed by atoms with Crippen LogP contribution in [0.3, 0.4) is 0 Å². The first-order valence-electron chi connectivity index (χ1n) is 2.58. The van der Waals surface area contributed by atoms with E-state index in [2.05, 4.69) is 18.7 Å². The van der Waals surface area contributed by atoms with Gasteiger partial charge in [0.15, 0.2) is 10.3 Å². The van der Waals surface area contributed by atoms with Gasteiger partial charge in [-0.25, -0.2) is 9.97 Å². The Morgan fingerprint density at radius 2 is 1.36 bits per heavy atom. The van der Waals surface area contributed by atoms with Crippen molar-refractivity contribution in [3.8, 4) is 0 Å². The van der Waals surface area contributed by atoms with Gasteiger partial charge in [-0.3, -0.25) is 0 Å². The molecule has 0 aromatic carbocycles. The summed E-state index contributed by atoms with van der Waals surface area (Å²) in [6, 6.07) is 0. The molecule has 0 unspecified atom stereocenters. The lowest BCUT2D eigenvalue weighted by molar-refractivity contribution is 1.26. The van der Waals surface area contributed by atoms with Crippen molar-refractivity contribution in [3.63, 3.8) is 0 Å². The monoisotopic (exact) mass is 206 g/mol. The average molecular weight is 207 g/mol. The van der Waals surface area contributed by atoms with Crippen LogP contribution in [0.2, 0.25) is 10.3 Å². The molecule has 0 radical (unpaired) electrons. The van der Waals surface area contributed by atoms with Crippen LogP contribution in [0.25, 0.3) is 11.3 Å². The Morgan fingerprint density at radius 1 is 0.909 bits per heavy atom. The van der Waals surface area contributed by atoms with Crippen molar-refractivity contribution in [1.82, 2.24) is 18.7 Å². The number of hydrogen-bond acceptors (Lipinski definition) is 5. The first kappa shape index (κ1) is 7.15. The van der Waals surface area contributed by atoms with Crippen LogP contribution in [0, 0.1) is 0 Å². The molecule has 0 aliphatic heterocycles. The molecule has 0 spiro atoms. The molecule has 11 heavy (non-hydrogen) atoms. The van der Waals surface area contributed by atoms with Crippen LogP contribution in [0.15, 0.2) is 0 Å². The molecule has 0 bridgehead atoms. The zero-order valence-electron chi connectivity index (χ0n) is 4.95. The Kier molecular flexibility index (Phi) is 1.63. The Bertz CT molecular complexity index is 364. The minimum absolute atomic E-state index is 0.159. The van der Waals surface area contributed by atoms with E-state index in [0.29, 0.717) is 11.3 Å². The number of halogens is 2. The van der Waals surface area contributed by atoms with Crippen molar-refractivity contribution in [2.75, 3.05) is 0 Å². The van der Waals surface area contributed by atoms with Crippen molar-refractivity contribution in [3.05, 3.63) is 10.3 Å². The zero-order chi connectivity index (χ0) is 7.84. The molecule has 2 rings (SSSR count). The molecule has 7 heteroatoms. The number of rotatable bonds is 0. The van der Waals surface area contributed by atoms with E-state index in [1.807, 2.05) is 0 Å². The summed E-state index contributed by atoms with van der Waals surface area (Å²) in [6.45, 7) is 0. The van der Waals surface area contributed by atoms with E-state index >= 15 is 0 Å². The van der Waals surface area contributed by atoms with Crippen LogP contribution in [0.5, 0.6) is 0 Å². The highest BCUT2D eigenvalue weighted by atomic mass is 35.5. The van der Waals surface area contributed by atoms with Crippen molar-refractivity contribution >= 4 is 46.2 Å². The zero-order valence-corrected chi connectivity index (χ0v) is 7.28. The Balaban J connectivity index is 2.86. The molecule has 0 N–H and O–H groups in total. The molecule has 0 fully saturated rings. The number of fused-ring (bicyclic) bond motifs is 1. The second-order valence-corrected chi connectivity index (χ2v) is 2.96. The van der Waals surface area contributed by atoms with Crippen molar-refractivity contribution in [1.29, 1.82) is 0 Å². The maximum absolute atomic E-state index is 5.58. The van der Waals surface area contributed by atoms with Crippen molar-refractivity contribution in [2.24, 2.45) is 0 Å². The second kappa shape index (κ2) is 2.51. The van der Waals surface area contributed by atoms with E-state index in [0.717, 1.165) is 11.7 Å². The van der Waals surface area contributed by atoms with Gasteiger partial charge < -0.3 is 0 Å². The standard InChI is InChI=1S/C4Cl2N4S/c5-1-2(6)8-4-3(7-1)9-11-10-4. The van der Waals surface area contributed by atoms with Gasteiger partial charge in [0, 0.05) is 0 Å². The van der Waals surface area contributed by atoms with E-state index in [-0.39, 0.29) is 10.3 Å². The Hall–Kier alpha value is -0.520. The number of aromatic nitrogens is 4. The summed E-state index contributed by atoms with van der Waals surface area (Å²) < 4.78 is 7.67. The van der Waals surface area contributed by atoms with E-state index in [1.165, 1.54) is 0 Å². The summed E-state index contributed by atoms with van der Waals surface area (Å²) in [4.78, 5) is 7.69. The highest BCUT2D eigenvalue weighted by Crippen LogP contribution is 2.19. The minimum Gasteiger partial charge on any atom is -0.209 e. The third-order valence-electron chi connectivity index (χ3n) is 1.03. The molecule has 2 aromatic rings. The van der Waals surface area contributed by atoms with Gasteiger partial charge in [0.1, 0.15) is 0 Å². The molecule has 2 heterocycles. The summed E-state index contributed by atoms with van der Waals surface area (Å²) in [5.41, 5.74) is 0.869. The van der Waals surface area contributed by atoms with E-state index in [1.54, 1.807) is 0 Å². The van der Waals surface area contributed by atoms with Crippen LogP contribution in [-0.4, -0.2) is 18.7 Å². The largest absolute Gasteiger partial charge is 0.214 e. The normalized spacial score (nSPS) is 10.7. The van der Waals surface area contributed by atoms with Gasteiger partial charge in [0.2, 0.25) is 11.3 Å². The Labute approximate surface area is 75.5 Å². The predicted octanol–water partition coefficient (Wildman–Crippen LogP) is 1.79. The lowest BCUT2D eigenvalue weighted by Crippen LogP contribution is -1.84. The molecule has 0 saturated heterocycles. The maximum Gasteiger partial charge on any atom is 0.214 e. The molecule has 0 atom stereocenters.